The molecule has 3 aliphatic rings. The lowest BCUT2D eigenvalue weighted by molar-refractivity contribution is 0.0744. The van der Waals surface area contributed by atoms with Gasteiger partial charge >= 0.3 is 6.09 Å². The second-order valence-corrected chi connectivity index (χ2v) is 10.4. The van der Waals surface area contributed by atoms with E-state index < -0.39 is 0 Å². The van der Waals surface area contributed by atoms with Crippen molar-refractivity contribution in [2.75, 3.05) is 45.9 Å². The third kappa shape index (κ3) is 5.36. The highest BCUT2D eigenvalue weighted by atomic mass is 16.6. The number of carbonyl (C=O) groups is 2. The highest BCUT2D eigenvalue weighted by Gasteiger charge is 2.42. The predicted molar refractivity (Wildman–Crippen MR) is 138 cm³/mol. The first-order valence-electron chi connectivity index (χ1n) is 13.2. The maximum atomic E-state index is 13.1. The molecular formula is C29H33N3O5. The zero-order valence-corrected chi connectivity index (χ0v) is 20.9. The topological polar surface area (TPSA) is 84.3 Å². The number of furan rings is 1. The molecule has 8 heteroatoms. The Labute approximate surface area is 216 Å². The quantitative estimate of drug-likeness (QED) is 0.523. The van der Waals surface area contributed by atoms with Crippen molar-refractivity contribution in [2.24, 2.45) is 11.8 Å². The number of hydrogen-bond donors (Lipinski definition) is 1. The van der Waals surface area contributed by atoms with Gasteiger partial charge in [-0.25, -0.2) is 4.79 Å². The Morgan fingerprint density at radius 3 is 2.49 bits per heavy atom. The molecule has 0 spiro atoms. The van der Waals surface area contributed by atoms with Crippen LogP contribution in [0.25, 0.3) is 11.0 Å². The van der Waals surface area contributed by atoms with E-state index in [-0.39, 0.29) is 24.1 Å². The van der Waals surface area contributed by atoms with Gasteiger partial charge in [0.15, 0.2) is 5.76 Å². The van der Waals surface area contributed by atoms with Gasteiger partial charge in [-0.3, -0.25) is 4.79 Å². The summed E-state index contributed by atoms with van der Waals surface area (Å²) in [7, 11) is 0. The lowest BCUT2D eigenvalue weighted by Crippen LogP contribution is -2.36. The summed E-state index contributed by atoms with van der Waals surface area (Å²) in [6.07, 6.45) is 0.985. The molecule has 3 saturated heterocycles. The number of fused-ring (bicyclic) bond motifs is 2. The largest absolute Gasteiger partial charge is 0.451 e. The molecule has 3 aliphatic heterocycles. The Bertz CT molecular complexity index is 1190. The van der Waals surface area contributed by atoms with Crippen LogP contribution in [-0.4, -0.2) is 73.8 Å². The van der Waals surface area contributed by atoms with Crippen molar-refractivity contribution in [3.8, 4) is 0 Å². The average molecular weight is 504 g/mol. The van der Waals surface area contributed by atoms with E-state index >= 15 is 0 Å². The van der Waals surface area contributed by atoms with Gasteiger partial charge in [0.05, 0.1) is 19.3 Å². The molecule has 0 bridgehead atoms. The Morgan fingerprint density at radius 2 is 1.76 bits per heavy atom. The standard InChI is InChI=1S/C29H33N3O5/c33-28(27-14-21-8-4-5-9-26(21)37-27)32-17-22-15-31(16-23(22)18-32)12-10-25(20-6-2-1-3-7-20)30-29(34)36-24-11-13-35-19-24/h1-9,14,22-25H,10-13,15-19H2,(H,30,34)/t22-,23?,24?,25?/m0/s1. The summed E-state index contributed by atoms with van der Waals surface area (Å²) >= 11 is 0. The van der Waals surface area contributed by atoms with Crippen molar-refractivity contribution in [3.05, 3.63) is 72.0 Å². The van der Waals surface area contributed by atoms with Gasteiger partial charge in [-0.2, -0.15) is 0 Å². The molecule has 6 rings (SSSR count). The van der Waals surface area contributed by atoms with Crippen molar-refractivity contribution >= 4 is 23.0 Å². The molecule has 37 heavy (non-hydrogen) atoms. The molecule has 4 heterocycles. The van der Waals surface area contributed by atoms with Crippen LogP contribution in [0.5, 0.6) is 0 Å². The third-order valence-corrected chi connectivity index (χ3v) is 7.88. The van der Waals surface area contributed by atoms with E-state index in [1.54, 1.807) is 0 Å². The van der Waals surface area contributed by atoms with Crippen LogP contribution < -0.4 is 5.32 Å². The molecule has 4 atom stereocenters. The number of alkyl carbamates (subject to hydrolysis) is 1. The molecule has 1 aromatic heterocycles. The van der Waals surface area contributed by atoms with E-state index in [2.05, 4.69) is 10.2 Å². The summed E-state index contributed by atoms with van der Waals surface area (Å²) in [5, 5.41) is 4.04. The number of rotatable bonds is 7. The highest BCUT2D eigenvalue weighted by molar-refractivity contribution is 5.96. The fourth-order valence-corrected chi connectivity index (χ4v) is 5.93. The Hall–Kier alpha value is -3.36. The van der Waals surface area contributed by atoms with Crippen LogP contribution in [0.2, 0.25) is 0 Å². The third-order valence-electron chi connectivity index (χ3n) is 7.88. The summed E-state index contributed by atoms with van der Waals surface area (Å²) in [6, 6.07) is 19.5. The number of benzene rings is 2. The van der Waals surface area contributed by atoms with Crippen molar-refractivity contribution < 1.29 is 23.5 Å². The fourth-order valence-electron chi connectivity index (χ4n) is 5.93. The fraction of sp³-hybridized carbons (Fsp3) is 0.448. The van der Waals surface area contributed by atoms with Crippen LogP contribution in [0, 0.1) is 11.8 Å². The average Bonchev–Trinajstić information content (AvgIpc) is 3.70. The van der Waals surface area contributed by atoms with Crippen LogP contribution in [0.4, 0.5) is 4.79 Å². The molecule has 0 radical (unpaired) electrons. The number of para-hydroxylation sites is 1. The van der Waals surface area contributed by atoms with Crippen LogP contribution in [0.3, 0.4) is 0 Å². The van der Waals surface area contributed by atoms with Crippen LogP contribution >= 0.6 is 0 Å². The first-order chi connectivity index (χ1) is 18.1. The van der Waals surface area contributed by atoms with E-state index in [1.807, 2.05) is 65.6 Å². The van der Waals surface area contributed by atoms with Gasteiger partial charge in [-0.1, -0.05) is 48.5 Å². The zero-order valence-electron chi connectivity index (χ0n) is 20.9. The minimum absolute atomic E-state index is 0.0170. The van der Waals surface area contributed by atoms with Crippen molar-refractivity contribution in [1.82, 2.24) is 15.1 Å². The summed E-state index contributed by atoms with van der Waals surface area (Å²) in [6.45, 7) is 5.41. The lowest BCUT2D eigenvalue weighted by atomic mass is 10.0. The molecule has 2 amide bonds. The SMILES string of the molecule is O=C(NC(CCN1CC2CN(C(=O)c3cc4ccccc4o3)C[C@@H]2C1)c1ccccc1)OC1CCOC1. The van der Waals surface area contributed by atoms with Gasteiger partial charge in [-0.15, -0.1) is 0 Å². The molecule has 3 unspecified atom stereocenters. The predicted octanol–water partition coefficient (Wildman–Crippen LogP) is 4.08. The molecule has 0 saturated carbocycles. The molecule has 0 aliphatic carbocycles. The maximum absolute atomic E-state index is 13.1. The molecule has 2 aromatic carbocycles. The van der Waals surface area contributed by atoms with Gasteiger partial charge in [0.25, 0.3) is 5.91 Å². The lowest BCUT2D eigenvalue weighted by Gasteiger charge is -2.25. The van der Waals surface area contributed by atoms with Crippen LogP contribution in [0.1, 0.15) is 35.0 Å². The first-order valence-corrected chi connectivity index (χ1v) is 13.2. The molecule has 3 fully saturated rings. The summed E-state index contributed by atoms with van der Waals surface area (Å²) < 4.78 is 16.7. The Balaban J connectivity index is 1.03. The normalized spacial score (nSPS) is 24.3. The zero-order chi connectivity index (χ0) is 25.2. The number of ether oxygens (including phenoxy) is 2. The maximum Gasteiger partial charge on any atom is 0.407 e. The monoisotopic (exact) mass is 503 g/mol. The number of likely N-dealkylation sites (tertiary alicyclic amines) is 2. The summed E-state index contributed by atoms with van der Waals surface area (Å²) in [5.74, 6) is 1.33. The van der Waals surface area contributed by atoms with Crippen molar-refractivity contribution in [2.45, 2.75) is 25.0 Å². The van der Waals surface area contributed by atoms with E-state index in [0.29, 0.717) is 30.8 Å². The van der Waals surface area contributed by atoms with Gasteiger partial charge in [-0.05, 0) is 36.0 Å². The molecular weight excluding hydrogens is 470 g/mol. The minimum Gasteiger partial charge on any atom is -0.451 e. The summed E-state index contributed by atoms with van der Waals surface area (Å²) in [4.78, 5) is 30.1. The van der Waals surface area contributed by atoms with Crippen LogP contribution in [0.15, 0.2) is 65.1 Å². The van der Waals surface area contributed by atoms with Crippen LogP contribution in [-0.2, 0) is 9.47 Å². The molecule has 1 N–H and O–H groups in total. The van der Waals surface area contributed by atoms with E-state index in [1.165, 1.54) is 0 Å². The number of nitrogens with one attached hydrogen (secondary N) is 1. The Morgan fingerprint density at radius 1 is 1.00 bits per heavy atom. The first kappa shape index (κ1) is 24.0. The molecule has 3 aromatic rings. The second-order valence-electron chi connectivity index (χ2n) is 10.4. The van der Waals surface area contributed by atoms with Gasteiger partial charge < -0.3 is 29.0 Å². The van der Waals surface area contributed by atoms with Gasteiger partial charge in [0, 0.05) is 44.5 Å². The molecule has 8 nitrogen and oxygen atoms in total. The van der Waals surface area contributed by atoms with E-state index in [9.17, 15) is 9.59 Å². The van der Waals surface area contributed by atoms with Gasteiger partial charge in [0.1, 0.15) is 11.7 Å². The molecule has 194 valence electrons. The van der Waals surface area contributed by atoms with Crippen molar-refractivity contribution in [3.63, 3.8) is 0 Å². The minimum atomic E-state index is -0.387. The number of nitrogens with zero attached hydrogens (tertiary/aromatic N) is 2. The second kappa shape index (κ2) is 10.6. The van der Waals surface area contributed by atoms with E-state index in [4.69, 9.17) is 13.9 Å². The van der Waals surface area contributed by atoms with E-state index in [0.717, 1.165) is 62.1 Å². The number of carbonyl (C=O) groups excluding carboxylic acids is 2. The van der Waals surface area contributed by atoms with Crippen molar-refractivity contribution in [1.29, 1.82) is 0 Å². The number of hydrogen-bond acceptors (Lipinski definition) is 6. The smallest absolute Gasteiger partial charge is 0.407 e. The van der Waals surface area contributed by atoms with Gasteiger partial charge in [0.2, 0.25) is 0 Å². The Kier molecular flexibility index (Phi) is 6.85. The number of amides is 2. The highest BCUT2D eigenvalue weighted by Crippen LogP contribution is 2.33. The summed E-state index contributed by atoms with van der Waals surface area (Å²) in [5.41, 5.74) is 1.82.